The minimum Gasteiger partial charge on any atom is -0.356 e. The van der Waals surface area contributed by atoms with Gasteiger partial charge in [-0.3, -0.25) is 9.79 Å². The highest BCUT2D eigenvalue weighted by molar-refractivity contribution is 14.0. The van der Waals surface area contributed by atoms with Crippen LogP contribution in [0.15, 0.2) is 29.3 Å². The maximum atomic E-state index is 12.5. The Morgan fingerprint density at radius 2 is 2.12 bits per heavy atom. The second kappa shape index (κ2) is 10.1. The van der Waals surface area contributed by atoms with Crippen LogP contribution in [0, 0.1) is 5.92 Å². The molecule has 6 heteroatoms. The van der Waals surface area contributed by atoms with Gasteiger partial charge in [-0.1, -0.05) is 25.1 Å². The maximum absolute atomic E-state index is 12.5. The Kier molecular flexibility index (Phi) is 8.18. The van der Waals surface area contributed by atoms with Crippen LogP contribution < -0.4 is 10.2 Å². The van der Waals surface area contributed by atoms with Crippen molar-refractivity contribution in [2.75, 3.05) is 38.1 Å². The lowest BCUT2D eigenvalue weighted by Gasteiger charge is -2.33. The summed E-state index contributed by atoms with van der Waals surface area (Å²) in [6.45, 7) is 6.06. The molecule has 26 heavy (non-hydrogen) atoms. The number of nitrogens with one attached hydrogen (secondary N) is 1. The van der Waals surface area contributed by atoms with Crippen LogP contribution in [0.25, 0.3) is 0 Å². The molecule has 1 aromatic rings. The molecule has 0 bridgehead atoms. The molecule has 1 fully saturated rings. The molecule has 0 spiro atoms. The summed E-state index contributed by atoms with van der Waals surface area (Å²) in [6.07, 6.45) is 4.92. The van der Waals surface area contributed by atoms with Gasteiger partial charge in [0.2, 0.25) is 5.91 Å². The third-order valence-corrected chi connectivity index (χ3v) is 5.21. The number of anilines is 1. The van der Waals surface area contributed by atoms with Crippen LogP contribution in [0.2, 0.25) is 0 Å². The van der Waals surface area contributed by atoms with Gasteiger partial charge in [-0.25, -0.2) is 0 Å². The number of benzene rings is 1. The van der Waals surface area contributed by atoms with E-state index in [-0.39, 0.29) is 29.9 Å². The van der Waals surface area contributed by atoms with Crippen molar-refractivity contribution in [3.8, 4) is 0 Å². The van der Waals surface area contributed by atoms with Gasteiger partial charge in [0.25, 0.3) is 0 Å². The van der Waals surface area contributed by atoms with Crippen LogP contribution in [0.3, 0.4) is 0 Å². The fourth-order valence-electron chi connectivity index (χ4n) is 3.89. The number of hydrogen-bond acceptors (Lipinski definition) is 2. The Balaban J connectivity index is 0.00000243. The number of nitrogens with zero attached hydrogens (tertiary/aromatic N) is 3. The number of aliphatic imine (C=N–C) groups is 1. The number of amides is 1. The number of guanidine groups is 1. The number of hydrogen-bond donors (Lipinski definition) is 1. The summed E-state index contributed by atoms with van der Waals surface area (Å²) < 4.78 is 0. The van der Waals surface area contributed by atoms with Crippen molar-refractivity contribution in [3.63, 3.8) is 0 Å². The third kappa shape index (κ3) is 5.11. The molecule has 1 amide bonds. The number of piperidine rings is 1. The van der Waals surface area contributed by atoms with Gasteiger partial charge in [0.1, 0.15) is 0 Å². The highest BCUT2D eigenvalue weighted by Crippen LogP contribution is 2.28. The molecule has 3 rings (SSSR count). The summed E-state index contributed by atoms with van der Waals surface area (Å²) in [6, 6.07) is 8.23. The van der Waals surface area contributed by atoms with E-state index in [2.05, 4.69) is 34.3 Å². The van der Waals surface area contributed by atoms with E-state index in [0.29, 0.717) is 6.42 Å². The van der Waals surface area contributed by atoms with E-state index in [4.69, 9.17) is 0 Å². The second-order valence-electron chi connectivity index (χ2n) is 7.20. The summed E-state index contributed by atoms with van der Waals surface area (Å²) >= 11 is 0. The van der Waals surface area contributed by atoms with Crippen LogP contribution in [-0.2, 0) is 11.2 Å². The van der Waals surface area contributed by atoms with E-state index < -0.39 is 0 Å². The first-order valence-electron chi connectivity index (χ1n) is 9.53. The quantitative estimate of drug-likeness (QED) is 0.318. The van der Waals surface area contributed by atoms with Crippen LogP contribution >= 0.6 is 24.0 Å². The number of para-hydroxylation sites is 1. The molecule has 0 saturated carbocycles. The molecule has 5 nitrogen and oxygen atoms in total. The Hall–Kier alpha value is -1.31. The number of likely N-dealkylation sites (tertiary alicyclic amines) is 1. The monoisotopic (exact) mass is 470 g/mol. The van der Waals surface area contributed by atoms with E-state index in [0.717, 1.165) is 56.6 Å². The Morgan fingerprint density at radius 1 is 1.31 bits per heavy atom. The zero-order chi connectivity index (χ0) is 17.6. The summed E-state index contributed by atoms with van der Waals surface area (Å²) in [5, 5.41) is 3.43. The van der Waals surface area contributed by atoms with Crippen molar-refractivity contribution in [1.82, 2.24) is 10.2 Å². The topological polar surface area (TPSA) is 47.9 Å². The smallest absolute Gasteiger partial charge is 0.227 e. The second-order valence-corrected chi connectivity index (χ2v) is 7.20. The van der Waals surface area contributed by atoms with Crippen LogP contribution in [-0.4, -0.2) is 50.0 Å². The Labute approximate surface area is 174 Å². The number of fused-ring (bicyclic) bond motifs is 1. The lowest BCUT2D eigenvalue weighted by molar-refractivity contribution is -0.118. The largest absolute Gasteiger partial charge is 0.356 e. The molecule has 144 valence electrons. The van der Waals surface area contributed by atoms with Crippen molar-refractivity contribution >= 4 is 41.5 Å². The van der Waals surface area contributed by atoms with Gasteiger partial charge in [0, 0.05) is 45.3 Å². The van der Waals surface area contributed by atoms with E-state index >= 15 is 0 Å². The number of rotatable bonds is 4. The Bertz CT molecular complexity index is 634. The summed E-state index contributed by atoms with van der Waals surface area (Å²) in [4.78, 5) is 21.2. The molecule has 0 aliphatic carbocycles. The van der Waals surface area contributed by atoms with Gasteiger partial charge < -0.3 is 15.1 Å². The van der Waals surface area contributed by atoms with E-state index in [9.17, 15) is 4.79 Å². The Morgan fingerprint density at radius 3 is 2.88 bits per heavy atom. The molecular formula is C20H31IN4O. The fraction of sp³-hybridized carbons (Fsp3) is 0.600. The van der Waals surface area contributed by atoms with E-state index in [1.54, 1.807) is 0 Å². The highest BCUT2D eigenvalue weighted by Gasteiger charge is 2.23. The molecule has 2 aliphatic rings. The summed E-state index contributed by atoms with van der Waals surface area (Å²) in [5.74, 6) is 1.93. The SMILES string of the molecule is CN=C(NCCCC(=O)N1CCc2ccccc21)N1CCCC(C)C1.I. The van der Waals surface area contributed by atoms with Crippen molar-refractivity contribution in [2.45, 2.75) is 39.0 Å². The normalized spacial score (nSPS) is 19.8. The molecule has 1 unspecified atom stereocenters. The summed E-state index contributed by atoms with van der Waals surface area (Å²) in [7, 11) is 1.84. The maximum Gasteiger partial charge on any atom is 0.227 e. The number of carbonyl (C=O) groups excluding carboxylic acids is 1. The van der Waals surface area contributed by atoms with Gasteiger partial charge in [-0.2, -0.15) is 0 Å². The lowest BCUT2D eigenvalue weighted by atomic mass is 10.0. The van der Waals surface area contributed by atoms with Gasteiger partial charge in [-0.15, -0.1) is 24.0 Å². The average Bonchev–Trinajstić information content (AvgIpc) is 3.06. The molecular weight excluding hydrogens is 439 g/mol. The molecule has 0 aromatic heterocycles. The highest BCUT2D eigenvalue weighted by atomic mass is 127. The van der Waals surface area contributed by atoms with Gasteiger partial charge in [-0.05, 0) is 43.2 Å². The molecule has 1 atom stereocenters. The predicted molar refractivity (Wildman–Crippen MR) is 118 cm³/mol. The zero-order valence-electron chi connectivity index (χ0n) is 15.9. The van der Waals surface area contributed by atoms with Crippen LogP contribution in [0.4, 0.5) is 5.69 Å². The predicted octanol–water partition coefficient (Wildman–Crippen LogP) is 3.28. The van der Waals surface area contributed by atoms with Crippen molar-refractivity contribution in [1.29, 1.82) is 0 Å². The van der Waals surface area contributed by atoms with Crippen molar-refractivity contribution in [2.24, 2.45) is 10.9 Å². The standard InChI is InChI=1S/C20H30N4O.HI/c1-16-7-6-13-23(15-16)20(21-2)22-12-5-10-19(25)24-14-11-17-8-3-4-9-18(17)24;/h3-4,8-9,16H,5-7,10-15H2,1-2H3,(H,21,22);1H. The van der Waals surface area contributed by atoms with E-state index in [1.807, 2.05) is 24.1 Å². The molecule has 1 saturated heterocycles. The van der Waals surface area contributed by atoms with Crippen LogP contribution in [0.1, 0.15) is 38.2 Å². The summed E-state index contributed by atoms with van der Waals surface area (Å²) in [5.41, 5.74) is 2.38. The number of halogens is 1. The van der Waals surface area contributed by atoms with Crippen LogP contribution in [0.5, 0.6) is 0 Å². The fourth-order valence-corrected chi connectivity index (χ4v) is 3.89. The van der Waals surface area contributed by atoms with Crippen molar-refractivity contribution < 1.29 is 4.79 Å². The first-order chi connectivity index (χ1) is 12.2. The molecule has 0 radical (unpaired) electrons. The minimum absolute atomic E-state index is 0. The molecule has 2 aliphatic heterocycles. The lowest BCUT2D eigenvalue weighted by Crippen LogP contribution is -2.46. The van der Waals surface area contributed by atoms with E-state index in [1.165, 1.54) is 18.4 Å². The first kappa shape index (κ1) is 21.0. The average molecular weight is 470 g/mol. The first-order valence-corrected chi connectivity index (χ1v) is 9.53. The number of carbonyl (C=O) groups is 1. The van der Waals surface area contributed by atoms with Gasteiger partial charge >= 0.3 is 0 Å². The molecule has 1 N–H and O–H groups in total. The van der Waals surface area contributed by atoms with Gasteiger partial charge in [0.15, 0.2) is 5.96 Å². The van der Waals surface area contributed by atoms with Crippen molar-refractivity contribution in [3.05, 3.63) is 29.8 Å². The molecule has 2 heterocycles. The van der Waals surface area contributed by atoms with Gasteiger partial charge in [0.05, 0.1) is 0 Å². The molecule has 1 aromatic carbocycles. The third-order valence-electron chi connectivity index (χ3n) is 5.21. The minimum atomic E-state index is 0. The zero-order valence-corrected chi connectivity index (χ0v) is 18.2.